The highest BCUT2D eigenvalue weighted by Gasteiger charge is 2.44. The van der Waals surface area contributed by atoms with Gasteiger partial charge in [-0.2, -0.15) is 0 Å². The lowest BCUT2D eigenvalue weighted by Gasteiger charge is -2.22. The first-order chi connectivity index (χ1) is 8.33. The van der Waals surface area contributed by atoms with Gasteiger partial charge in [-0.1, -0.05) is 0 Å². The summed E-state index contributed by atoms with van der Waals surface area (Å²) in [4.78, 5) is 37.9. The Morgan fingerprint density at radius 2 is 2.11 bits per heavy atom. The zero-order valence-corrected chi connectivity index (χ0v) is 10.7. The van der Waals surface area contributed by atoms with Crippen LogP contribution in [0.15, 0.2) is 0 Å². The molecule has 0 radical (unpaired) electrons. The summed E-state index contributed by atoms with van der Waals surface area (Å²) in [5.74, 6) is -1.28. The summed E-state index contributed by atoms with van der Waals surface area (Å²) in [5.41, 5.74) is -0.843. The van der Waals surface area contributed by atoms with Crippen LogP contribution in [0, 0.1) is 11.3 Å². The van der Waals surface area contributed by atoms with Crippen molar-refractivity contribution < 1.29 is 19.5 Å². The quantitative estimate of drug-likeness (QED) is 0.739. The minimum atomic E-state index is -0.864. The molecule has 0 aromatic carbocycles. The number of amides is 2. The second kappa shape index (κ2) is 4.26. The number of aliphatic carboxylic acids is 1. The third kappa shape index (κ3) is 2.07. The number of carboxylic acid groups (broad SMARTS) is 1. The standard InChI is InChI=1S/C12H18N2O4/c1-12(11(17)18)3-4-14(7-12)10(16)8-5-9(15)13(2)6-8/h8H,3-7H2,1-2H3,(H,17,18). The van der Waals surface area contributed by atoms with E-state index >= 15 is 0 Å². The van der Waals surface area contributed by atoms with Gasteiger partial charge in [-0.25, -0.2) is 0 Å². The maximum atomic E-state index is 12.2. The summed E-state index contributed by atoms with van der Waals surface area (Å²) in [6.07, 6.45) is 0.722. The normalized spacial score (nSPS) is 32.1. The number of carboxylic acids is 1. The fraction of sp³-hybridized carbons (Fsp3) is 0.750. The van der Waals surface area contributed by atoms with Crippen LogP contribution in [-0.2, 0) is 14.4 Å². The third-order valence-electron chi connectivity index (χ3n) is 3.99. The second-order valence-electron chi connectivity index (χ2n) is 5.55. The molecule has 6 nitrogen and oxygen atoms in total. The second-order valence-corrected chi connectivity index (χ2v) is 5.55. The molecule has 2 rings (SSSR count). The average Bonchev–Trinajstić information content (AvgIpc) is 2.84. The molecule has 0 aliphatic carbocycles. The third-order valence-corrected chi connectivity index (χ3v) is 3.99. The van der Waals surface area contributed by atoms with E-state index in [0.29, 0.717) is 19.5 Å². The van der Waals surface area contributed by atoms with Gasteiger partial charge in [-0.05, 0) is 13.3 Å². The molecule has 6 heteroatoms. The molecule has 0 aromatic rings. The number of likely N-dealkylation sites (tertiary alicyclic amines) is 2. The Labute approximate surface area is 106 Å². The zero-order valence-electron chi connectivity index (χ0n) is 10.7. The monoisotopic (exact) mass is 254 g/mol. The summed E-state index contributed by atoms with van der Waals surface area (Å²) in [7, 11) is 1.68. The van der Waals surface area contributed by atoms with Gasteiger partial charge >= 0.3 is 5.97 Å². The van der Waals surface area contributed by atoms with Gasteiger partial charge in [-0.15, -0.1) is 0 Å². The lowest BCUT2D eigenvalue weighted by molar-refractivity contribution is -0.147. The molecule has 0 bridgehead atoms. The van der Waals surface area contributed by atoms with Crippen LogP contribution in [0.5, 0.6) is 0 Å². The van der Waals surface area contributed by atoms with Gasteiger partial charge in [0.15, 0.2) is 0 Å². The molecule has 0 spiro atoms. The van der Waals surface area contributed by atoms with Crippen LogP contribution in [0.25, 0.3) is 0 Å². The molecule has 2 unspecified atom stereocenters. The molecule has 2 heterocycles. The molecule has 2 aliphatic heterocycles. The van der Waals surface area contributed by atoms with Crippen LogP contribution in [0.1, 0.15) is 19.8 Å². The van der Waals surface area contributed by atoms with Crippen molar-refractivity contribution in [1.29, 1.82) is 0 Å². The van der Waals surface area contributed by atoms with Crippen molar-refractivity contribution in [3.63, 3.8) is 0 Å². The number of rotatable bonds is 2. The van der Waals surface area contributed by atoms with Gasteiger partial charge in [0.05, 0.1) is 11.3 Å². The van der Waals surface area contributed by atoms with Crippen molar-refractivity contribution in [2.24, 2.45) is 11.3 Å². The Bertz CT molecular complexity index is 409. The topological polar surface area (TPSA) is 77.9 Å². The molecule has 2 fully saturated rings. The maximum Gasteiger partial charge on any atom is 0.311 e. The predicted octanol–water partition coefficient (Wildman–Crippen LogP) is -0.212. The van der Waals surface area contributed by atoms with Crippen LogP contribution in [-0.4, -0.2) is 59.4 Å². The predicted molar refractivity (Wildman–Crippen MR) is 62.7 cm³/mol. The number of hydrogen-bond donors (Lipinski definition) is 1. The van der Waals surface area contributed by atoms with Gasteiger partial charge in [-0.3, -0.25) is 14.4 Å². The van der Waals surface area contributed by atoms with Crippen LogP contribution < -0.4 is 0 Å². The minimum absolute atomic E-state index is 0.0199. The zero-order chi connectivity index (χ0) is 13.5. The van der Waals surface area contributed by atoms with Crippen molar-refractivity contribution in [3.05, 3.63) is 0 Å². The van der Waals surface area contributed by atoms with Crippen LogP contribution in [0.4, 0.5) is 0 Å². The van der Waals surface area contributed by atoms with E-state index in [1.165, 1.54) is 0 Å². The van der Waals surface area contributed by atoms with E-state index < -0.39 is 11.4 Å². The smallest absolute Gasteiger partial charge is 0.311 e. The first-order valence-corrected chi connectivity index (χ1v) is 6.09. The van der Waals surface area contributed by atoms with Gasteiger partial charge in [0, 0.05) is 33.1 Å². The van der Waals surface area contributed by atoms with Crippen molar-refractivity contribution in [2.45, 2.75) is 19.8 Å². The highest BCUT2D eigenvalue weighted by atomic mass is 16.4. The first kappa shape index (κ1) is 12.9. The van der Waals surface area contributed by atoms with Crippen LogP contribution in [0.2, 0.25) is 0 Å². The fourth-order valence-corrected chi connectivity index (χ4v) is 2.61. The Morgan fingerprint density at radius 3 is 2.56 bits per heavy atom. The lowest BCUT2D eigenvalue weighted by Crippen LogP contribution is -2.38. The fourth-order valence-electron chi connectivity index (χ4n) is 2.61. The molecule has 2 amide bonds. The van der Waals surface area contributed by atoms with E-state index in [2.05, 4.69) is 0 Å². The summed E-state index contributed by atoms with van der Waals surface area (Å²) in [6.45, 7) is 2.82. The van der Waals surface area contributed by atoms with Crippen molar-refractivity contribution in [1.82, 2.24) is 9.80 Å². The molecule has 2 aliphatic rings. The SMILES string of the molecule is CN1CC(C(=O)N2CCC(C)(C(=O)O)C2)CC1=O. The summed E-state index contributed by atoms with van der Waals surface area (Å²) in [6, 6.07) is 0. The molecule has 0 aromatic heterocycles. The Morgan fingerprint density at radius 1 is 1.44 bits per heavy atom. The van der Waals surface area contributed by atoms with Crippen LogP contribution in [0.3, 0.4) is 0 Å². The maximum absolute atomic E-state index is 12.2. The number of carbonyl (C=O) groups is 3. The highest BCUT2D eigenvalue weighted by molar-refractivity contribution is 5.89. The van der Waals surface area contributed by atoms with Gasteiger partial charge in [0.25, 0.3) is 0 Å². The lowest BCUT2D eigenvalue weighted by atomic mass is 9.90. The van der Waals surface area contributed by atoms with E-state index in [1.807, 2.05) is 0 Å². The molecule has 0 saturated carbocycles. The Balaban J connectivity index is 2.00. The van der Waals surface area contributed by atoms with Crippen molar-refractivity contribution in [3.8, 4) is 0 Å². The van der Waals surface area contributed by atoms with Crippen molar-refractivity contribution in [2.75, 3.05) is 26.7 Å². The van der Waals surface area contributed by atoms with Gasteiger partial charge in [0.1, 0.15) is 0 Å². The molecule has 2 atom stereocenters. The average molecular weight is 254 g/mol. The summed E-state index contributed by atoms with van der Waals surface area (Å²) < 4.78 is 0. The largest absolute Gasteiger partial charge is 0.481 e. The summed E-state index contributed by atoms with van der Waals surface area (Å²) in [5, 5.41) is 9.12. The number of carbonyl (C=O) groups excluding carboxylic acids is 2. The molecule has 18 heavy (non-hydrogen) atoms. The molecular formula is C12H18N2O4. The Kier molecular flexibility index (Phi) is 3.04. The molecule has 100 valence electrons. The minimum Gasteiger partial charge on any atom is -0.481 e. The van der Waals surface area contributed by atoms with Crippen LogP contribution >= 0.6 is 0 Å². The van der Waals surface area contributed by atoms with Gasteiger partial charge in [0.2, 0.25) is 11.8 Å². The van der Waals surface area contributed by atoms with E-state index in [-0.39, 0.29) is 30.7 Å². The molecule has 2 saturated heterocycles. The van der Waals surface area contributed by atoms with E-state index in [0.717, 1.165) is 0 Å². The number of hydrogen-bond acceptors (Lipinski definition) is 3. The van der Waals surface area contributed by atoms with Gasteiger partial charge < -0.3 is 14.9 Å². The van der Waals surface area contributed by atoms with E-state index in [1.54, 1.807) is 23.8 Å². The molecule has 1 N–H and O–H groups in total. The molecular weight excluding hydrogens is 236 g/mol. The summed E-state index contributed by atoms with van der Waals surface area (Å²) >= 11 is 0. The number of nitrogens with zero attached hydrogens (tertiary/aromatic N) is 2. The van der Waals surface area contributed by atoms with Crippen molar-refractivity contribution >= 4 is 17.8 Å². The van der Waals surface area contributed by atoms with E-state index in [4.69, 9.17) is 5.11 Å². The first-order valence-electron chi connectivity index (χ1n) is 6.09. The Hall–Kier alpha value is -1.59. The van der Waals surface area contributed by atoms with E-state index in [9.17, 15) is 14.4 Å². The highest BCUT2D eigenvalue weighted by Crippen LogP contribution is 2.32.